The van der Waals surface area contributed by atoms with Crippen molar-refractivity contribution in [3.05, 3.63) is 34.9 Å². The third-order valence-electron chi connectivity index (χ3n) is 15.6. The molecule has 0 aliphatic heterocycles. The van der Waals surface area contributed by atoms with Crippen LogP contribution in [0.25, 0.3) is 11.6 Å². The third kappa shape index (κ3) is 6.59. The number of ether oxygens (including phenoxy) is 1. The van der Waals surface area contributed by atoms with Crippen LogP contribution in [0, 0.1) is 56.7 Å². The summed E-state index contributed by atoms with van der Waals surface area (Å²) in [5.74, 6) is 1.57. The first-order valence-electron chi connectivity index (χ1n) is 20.9. The number of fused-ring (bicyclic) bond motifs is 5. The van der Waals surface area contributed by atoms with Gasteiger partial charge in [0.2, 0.25) is 5.82 Å². The highest BCUT2D eigenvalue weighted by Gasteiger charge is 2.68. The molecule has 2 aromatic rings. The highest BCUT2D eigenvalue weighted by atomic mass is 16.5. The van der Waals surface area contributed by atoms with Gasteiger partial charge < -0.3 is 20.1 Å². The monoisotopic (exact) mass is 769 g/mol. The van der Waals surface area contributed by atoms with Gasteiger partial charge in [-0.1, -0.05) is 48.5 Å². The van der Waals surface area contributed by atoms with Gasteiger partial charge in [0.15, 0.2) is 11.6 Å². The Morgan fingerprint density at radius 3 is 2.39 bits per heavy atom. The van der Waals surface area contributed by atoms with E-state index in [1.54, 1.807) is 13.8 Å². The standard InChI is InChI=1S/C44H63N7O5/c1-10-29(56-33(53)22-40(5,6)39(54)55)14-15-41(7)27(4)13-16-43(9)32(41)12-11-30-35-34(26(2)3)31(52)21-44(35,18-17-42(30,43)8)38-50-49-37(51(38)20-19-45)36-47-24-28(23-46)25-48-36/h24-27,29-30,32H,10-22,45H2,1-9H3,(H,54,55)/t27-,29-,30-,32-,41+,42-,43-,44-/m1/s1. The highest BCUT2D eigenvalue weighted by Crippen LogP contribution is 2.74. The summed E-state index contributed by atoms with van der Waals surface area (Å²) in [5.41, 5.74) is 6.98. The summed E-state index contributed by atoms with van der Waals surface area (Å²) in [6.07, 6.45) is 11.3. The average molecular weight is 770 g/mol. The molecule has 3 fully saturated rings. The van der Waals surface area contributed by atoms with Crippen molar-refractivity contribution in [2.75, 3.05) is 6.54 Å². The zero-order valence-corrected chi connectivity index (χ0v) is 35.1. The first-order chi connectivity index (χ1) is 26.3. The fourth-order valence-corrected chi connectivity index (χ4v) is 12.0. The lowest BCUT2D eigenvalue weighted by Gasteiger charge is -2.69. The van der Waals surface area contributed by atoms with Crippen LogP contribution in [0.5, 0.6) is 0 Å². The van der Waals surface area contributed by atoms with Gasteiger partial charge in [0.1, 0.15) is 18.0 Å². The van der Waals surface area contributed by atoms with Gasteiger partial charge in [0.25, 0.3) is 0 Å². The van der Waals surface area contributed by atoms with Crippen LogP contribution in [0.2, 0.25) is 0 Å². The molecule has 2 heterocycles. The fourth-order valence-electron chi connectivity index (χ4n) is 12.0. The smallest absolute Gasteiger partial charge is 0.309 e. The van der Waals surface area contributed by atoms with Crippen LogP contribution in [0.3, 0.4) is 0 Å². The Labute approximate surface area is 332 Å². The normalized spacial score (nSPS) is 32.0. The zero-order valence-electron chi connectivity index (χ0n) is 35.1. The minimum absolute atomic E-state index is 0.000379. The number of nitrogens with zero attached hydrogens (tertiary/aromatic N) is 6. The second kappa shape index (κ2) is 15.1. The molecular formula is C44H63N7O5. The lowest BCUT2D eigenvalue weighted by Crippen LogP contribution is -2.62. The van der Waals surface area contributed by atoms with Crippen LogP contribution in [-0.2, 0) is 31.1 Å². The largest absolute Gasteiger partial charge is 0.481 e. The predicted molar refractivity (Wildman–Crippen MR) is 212 cm³/mol. The maximum absolute atomic E-state index is 14.4. The lowest BCUT2D eigenvalue weighted by atomic mass is 9.35. The number of nitriles is 1. The summed E-state index contributed by atoms with van der Waals surface area (Å²) in [6.45, 7) is 20.2. The van der Waals surface area contributed by atoms with Crippen molar-refractivity contribution in [2.45, 2.75) is 151 Å². The molecule has 0 amide bonds. The quantitative estimate of drug-likeness (QED) is 0.191. The van der Waals surface area contributed by atoms with E-state index in [0.717, 1.165) is 62.8 Å². The summed E-state index contributed by atoms with van der Waals surface area (Å²) in [4.78, 5) is 47.9. The van der Waals surface area contributed by atoms with Gasteiger partial charge in [0.05, 0.1) is 22.8 Å². The number of ketones is 1. The fraction of sp³-hybridized carbons (Fsp3) is 0.727. The van der Waals surface area contributed by atoms with E-state index in [2.05, 4.69) is 62.7 Å². The maximum Gasteiger partial charge on any atom is 0.309 e. The summed E-state index contributed by atoms with van der Waals surface area (Å²) < 4.78 is 7.99. The number of aromatic nitrogens is 5. The summed E-state index contributed by atoms with van der Waals surface area (Å²) in [7, 11) is 0. The molecule has 4 aliphatic rings. The van der Waals surface area contributed by atoms with E-state index in [1.807, 2.05) is 11.5 Å². The van der Waals surface area contributed by atoms with E-state index in [9.17, 15) is 24.8 Å². The van der Waals surface area contributed by atoms with Crippen molar-refractivity contribution >= 4 is 17.7 Å². The van der Waals surface area contributed by atoms with Crippen molar-refractivity contribution in [3.63, 3.8) is 0 Å². The Balaban J connectivity index is 1.35. The number of carboxylic acids is 1. The Morgan fingerprint density at radius 2 is 1.79 bits per heavy atom. The van der Waals surface area contributed by atoms with E-state index >= 15 is 0 Å². The van der Waals surface area contributed by atoms with Gasteiger partial charge >= 0.3 is 11.9 Å². The predicted octanol–water partition coefficient (Wildman–Crippen LogP) is 7.60. The number of allylic oxidation sites excluding steroid dienone is 2. The van der Waals surface area contributed by atoms with Crippen LogP contribution in [0.1, 0.15) is 144 Å². The number of carbonyl (C=O) groups is 3. The number of esters is 1. The van der Waals surface area contributed by atoms with E-state index in [0.29, 0.717) is 55.0 Å². The van der Waals surface area contributed by atoms with Gasteiger partial charge in [-0.05, 0) is 123 Å². The number of hydrogen-bond donors (Lipinski definition) is 2. The molecular weight excluding hydrogens is 707 g/mol. The summed E-state index contributed by atoms with van der Waals surface area (Å²) in [5, 5.41) is 28.5. The number of Topliss-reactive ketones (excluding diaryl/α,β-unsaturated/α-hetero) is 1. The topological polar surface area (TPSA) is 187 Å². The number of rotatable bonds is 13. The molecule has 2 aromatic heterocycles. The Bertz CT molecular complexity index is 1930. The lowest BCUT2D eigenvalue weighted by molar-refractivity contribution is -0.184. The van der Waals surface area contributed by atoms with Gasteiger partial charge in [-0.3, -0.25) is 14.4 Å². The number of hydrogen-bond acceptors (Lipinski definition) is 10. The van der Waals surface area contributed by atoms with Gasteiger partial charge in [0, 0.05) is 31.9 Å². The molecule has 6 rings (SSSR count). The second-order valence-corrected chi connectivity index (χ2v) is 19.2. The van der Waals surface area contributed by atoms with Crippen LogP contribution in [-0.4, -0.2) is 60.2 Å². The number of nitrogens with two attached hydrogens (primary N) is 1. The van der Waals surface area contributed by atoms with Crippen LogP contribution < -0.4 is 5.73 Å². The first kappa shape index (κ1) is 41.6. The second-order valence-electron chi connectivity index (χ2n) is 19.2. The van der Waals surface area contributed by atoms with Crippen molar-refractivity contribution in [1.82, 2.24) is 24.7 Å². The van der Waals surface area contributed by atoms with E-state index in [4.69, 9.17) is 15.6 Å². The molecule has 4 aliphatic carbocycles. The van der Waals surface area contributed by atoms with E-state index < -0.39 is 22.8 Å². The number of carboxylic acid groups (broad SMARTS) is 1. The molecule has 56 heavy (non-hydrogen) atoms. The maximum atomic E-state index is 14.4. The molecule has 0 bridgehead atoms. The molecule has 0 radical (unpaired) electrons. The summed E-state index contributed by atoms with van der Waals surface area (Å²) in [6, 6.07) is 2.08. The minimum atomic E-state index is -1.18. The van der Waals surface area contributed by atoms with Crippen molar-refractivity contribution in [2.24, 2.45) is 51.1 Å². The van der Waals surface area contributed by atoms with Crippen molar-refractivity contribution < 1.29 is 24.2 Å². The van der Waals surface area contributed by atoms with Crippen molar-refractivity contribution in [3.8, 4) is 17.7 Å². The third-order valence-corrected chi connectivity index (χ3v) is 15.6. The molecule has 12 nitrogen and oxygen atoms in total. The van der Waals surface area contributed by atoms with Crippen LogP contribution in [0.4, 0.5) is 0 Å². The number of carbonyl (C=O) groups excluding carboxylic acids is 2. The van der Waals surface area contributed by atoms with Gasteiger partial charge in [-0.15, -0.1) is 10.2 Å². The van der Waals surface area contributed by atoms with Gasteiger partial charge in [-0.25, -0.2) is 9.97 Å². The molecule has 304 valence electrons. The molecule has 0 aromatic carbocycles. The van der Waals surface area contributed by atoms with Crippen LogP contribution >= 0.6 is 0 Å². The van der Waals surface area contributed by atoms with E-state index in [1.165, 1.54) is 18.0 Å². The average Bonchev–Trinajstić information content (AvgIpc) is 3.71. The van der Waals surface area contributed by atoms with E-state index in [-0.39, 0.29) is 46.4 Å². The first-order valence-corrected chi connectivity index (χ1v) is 20.9. The molecule has 3 saturated carbocycles. The molecule has 8 atom stereocenters. The Kier molecular flexibility index (Phi) is 11.2. The molecule has 0 saturated heterocycles. The highest BCUT2D eigenvalue weighted by molar-refractivity contribution is 6.01. The van der Waals surface area contributed by atoms with Crippen molar-refractivity contribution in [1.29, 1.82) is 5.26 Å². The Morgan fingerprint density at radius 1 is 1.09 bits per heavy atom. The summed E-state index contributed by atoms with van der Waals surface area (Å²) >= 11 is 0. The molecule has 12 heteroatoms. The minimum Gasteiger partial charge on any atom is -0.481 e. The molecule has 0 spiro atoms. The number of aliphatic carboxylic acids is 1. The van der Waals surface area contributed by atoms with Crippen LogP contribution in [0.15, 0.2) is 23.5 Å². The molecule has 0 unspecified atom stereocenters. The zero-order chi connectivity index (χ0) is 41.0. The molecule has 3 N–H and O–H groups in total. The Hall–Kier alpha value is -3.98. The van der Waals surface area contributed by atoms with Gasteiger partial charge in [-0.2, -0.15) is 5.26 Å². The SMILES string of the molecule is CC[C@H](CC[C@@]1(C)[C@H](C)CC[C@]2(C)[C@@H]1CC[C@@H]1C3=C(C(C)C)C(=O)C[C@]3(c3nnc(-c4ncc(C#N)cn4)n3CCN)CC[C@]12C)OC(=O)CC(C)(C)C(=O)O.